The summed E-state index contributed by atoms with van der Waals surface area (Å²) < 4.78 is 5.11. The molecular formula is C23H34O3. The molecule has 0 saturated heterocycles. The van der Waals surface area contributed by atoms with E-state index in [0.29, 0.717) is 35.3 Å². The molecule has 26 heavy (non-hydrogen) atoms. The molecule has 0 radical (unpaired) electrons. The number of hydrogen-bond acceptors (Lipinski definition) is 3. The fraction of sp³-hybridized carbons (Fsp3) is 0.696. The minimum absolute atomic E-state index is 0.0905. The number of aliphatic hydroxyl groups is 1. The highest BCUT2D eigenvalue weighted by atomic mass is 16.5. The Morgan fingerprint density at radius 1 is 1.35 bits per heavy atom. The molecule has 0 aromatic heterocycles. The first-order valence-corrected chi connectivity index (χ1v) is 10.4. The third-order valence-corrected chi connectivity index (χ3v) is 7.18. The van der Waals surface area contributed by atoms with Crippen molar-refractivity contribution in [2.45, 2.75) is 71.8 Å². The van der Waals surface area contributed by atoms with Gasteiger partial charge in [-0.05, 0) is 86.3 Å². The molecule has 3 rings (SSSR count). The molecule has 1 aromatic rings. The van der Waals surface area contributed by atoms with E-state index in [-0.39, 0.29) is 12.1 Å². The molecule has 3 nitrogen and oxygen atoms in total. The Kier molecular flexibility index (Phi) is 6.06. The number of rotatable bonds is 6. The standard InChI is InChI=1S/C23H34O3/c1-4-26-22(25)18-8-5-7-17(15-18)11-10-16(2)19-12-13-20-21(24)9-6-14-23(19,20)3/h5,7-8,15-16,19-21,24H,4,6,9-14H2,1-3H3/t16?,19-,20+,21+,23-/m1/s1. The molecule has 0 bridgehead atoms. The summed E-state index contributed by atoms with van der Waals surface area (Å²) in [6.45, 7) is 7.05. The first kappa shape index (κ1) is 19.4. The second-order valence-electron chi connectivity index (χ2n) is 8.69. The molecule has 1 aromatic carbocycles. The average molecular weight is 359 g/mol. The van der Waals surface area contributed by atoms with Crippen LogP contribution in [-0.2, 0) is 11.2 Å². The summed E-state index contributed by atoms with van der Waals surface area (Å²) in [5, 5.41) is 10.4. The van der Waals surface area contributed by atoms with Gasteiger partial charge in [0.25, 0.3) is 0 Å². The summed E-state index contributed by atoms with van der Waals surface area (Å²) >= 11 is 0. The van der Waals surface area contributed by atoms with Crippen LogP contribution in [0, 0.1) is 23.2 Å². The molecule has 0 heterocycles. The Labute approximate surface area is 158 Å². The van der Waals surface area contributed by atoms with Crippen LogP contribution in [0.5, 0.6) is 0 Å². The number of benzene rings is 1. The molecule has 3 heteroatoms. The number of hydrogen-bond donors (Lipinski definition) is 1. The van der Waals surface area contributed by atoms with Crippen LogP contribution < -0.4 is 0 Å². The Bertz CT molecular complexity index is 626. The maximum absolute atomic E-state index is 11.9. The van der Waals surface area contributed by atoms with Gasteiger partial charge in [0.1, 0.15) is 0 Å². The quantitative estimate of drug-likeness (QED) is 0.727. The zero-order valence-corrected chi connectivity index (χ0v) is 16.5. The van der Waals surface area contributed by atoms with Crippen molar-refractivity contribution < 1.29 is 14.6 Å². The average Bonchev–Trinajstić information content (AvgIpc) is 2.98. The third-order valence-electron chi connectivity index (χ3n) is 7.18. The molecule has 0 aliphatic heterocycles. The van der Waals surface area contributed by atoms with Crippen LogP contribution in [0.15, 0.2) is 24.3 Å². The van der Waals surface area contributed by atoms with E-state index in [1.54, 1.807) is 0 Å². The molecule has 2 aliphatic rings. The molecule has 1 unspecified atom stereocenters. The SMILES string of the molecule is CCOC(=O)c1cccc(CCC(C)[C@H]2CC[C@H]3[C@@H](O)CCC[C@]23C)c1. The van der Waals surface area contributed by atoms with Gasteiger partial charge in [0.2, 0.25) is 0 Å². The van der Waals surface area contributed by atoms with E-state index < -0.39 is 0 Å². The van der Waals surface area contributed by atoms with Gasteiger partial charge in [0.05, 0.1) is 18.3 Å². The summed E-state index contributed by atoms with van der Waals surface area (Å²) in [5.41, 5.74) is 2.18. The molecule has 1 N–H and O–H groups in total. The fourth-order valence-electron chi connectivity index (χ4n) is 5.79. The molecule has 2 aliphatic carbocycles. The Morgan fingerprint density at radius 2 is 2.15 bits per heavy atom. The van der Waals surface area contributed by atoms with E-state index in [4.69, 9.17) is 4.74 Å². The van der Waals surface area contributed by atoms with Crippen molar-refractivity contribution in [3.05, 3.63) is 35.4 Å². The van der Waals surface area contributed by atoms with Crippen LogP contribution in [-0.4, -0.2) is 23.8 Å². The van der Waals surface area contributed by atoms with Crippen LogP contribution in [0.4, 0.5) is 0 Å². The van der Waals surface area contributed by atoms with Crippen molar-refractivity contribution >= 4 is 5.97 Å². The Balaban J connectivity index is 1.62. The minimum Gasteiger partial charge on any atom is -0.462 e. The second kappa shape index (κ2) is 8.12. The molecule has 0 amide bonds. The number of ether oxygens (including phenoxy) is 1. The van der Waals surface area contributed by atoms with Crippen LogP contribution >= 0.6 is 0 Å². The lowest BCUT2D eigenvalue weighted by atomic mass is 9.61. The van der Waals surface area contributed by atoms with Crippen LogP contribution in [0.3, 0.4) is 0 Å². The monoisotopic (exact) mass is 358 g/mol. The van der Waals surface area contributed by atoms with Crippen LogP contribution in [0.2, 0.25) is 0 Å². The topological polar surface area (TPSA) is 46.5 Å². The maximum Gasteiger partial charge on any atom is 0.338 e. The van der Waals surface area contributed by atoms with E-state index in [0.717, 1.165) is 19.3 Å². The number of carbonyl (C=O) groups excluding carboxylic acids is 1. The normalized spacial score (nSPS) is 32.1. The Hall–Kier alpha value is -1.35. The van der Waals surface area contributed by atoms with Gasteiger partial charge in [-0.25, -0.2) is 4.79 Å². The van der Waals surface area contributed by atoms with Crippen molar-refractivity contribution in [3.8, 4) is 0 Å². The number of carbonyl (C=O) groups is 1. The van der Waals surface area contributed by atoms with Gasteiger partial charge < -0.3 is 9.84 Å². The van der Waals surface area contributed by atoms with Gasteiger partial charge in [0.15, 0.2) is 0 Å². The number of aryl methyl sites for hydroxylation is 1. The van der Waals surface area contributed by atoms with Crippen molar-refractivity contribution in [1.29, 1.82) is 0 Å². The summed E-state index contributed by atoms with van der Waals surface area (Å²) in [4.78, 5) is 11.9. The summed E-state index contributed by atoms with van der Waals surface area (Å²) in [7, 11) is 0. The van der Waals surface area contributed by atoms with Crippen LogP contribution in [0.1, 0.15) is 75.2 Å². The lowest BCUT2D eigenvalue weighted by Gasteiger charge is -2.45. The second-order valence-corrected chi connectivity index (χ2v) is 8.69. The molecule has 0 spiro atoms. The highest BCUT2D eigenvalue weighted by molar-refractivity contribution is 5.89. The number of esters is 1. The lowest BCUT2D eigenvalue weighted by Crippen LogP contribution is -2.41. The third kappa shape index (κ3) is 3.83. The zero-order valence-electron chi connectivity index (χ0n) is 16.5. The number of fused-ring (bicyclic) bond motifs is 1. The van der Waals surface area contributed by atoms with Crippen molar-refractivity contribution in [2.24, 2.45) is 23.2 Å². The first-order valence-electron chi connectivity index (χ1n) is 10.4. The van der Waals surface area contributed by atoms with Gasteiger partial charge in [0, 0.05) is 0 Å². The van der Waals surface area contributed by atoms with Gasteiger partial charge in [-0.2, -0.15) is 0 Å². The van der Waals surface area contributed by atoms with Gasteiger partial charge in [-0.1, -0.05) is 32.4 Å². The summed E-state index contributed by atoms with van der Waals surface area (Å²) in [5.74, 6) is 1.61. The Morgan fingerprint density at radius 3 is 2.92 bits per heavy atom. The van der Waals surface area contributed by atoms with Crippen molar-refractivity contribution in [1.82, 2.24) is 0 Å². The lowest BCUT2D eigenvalue weighted by molar-refractivity contribution is -0.0275. The zero-order chi connectivity index (χ0) is 18.7. The van der Waals surface area contributed by atoms with E-state index in [9.17, 15) is 9.90 Å². The van der Waals surface area contributed by atoms with Gasteiger partial charge in [-0.15, -0.1) is 0 Å². The minimum atomic E-state index is -0.232. The predicted molar refractivity (Wildman–Crippen MR) is 104 cm³/mol. The fourth-order valence-corrected chi connectivity index (χ4v) is 5.79. The van der Waals surface area contributed by atoms with E-state index in [1.165, 1.54) is 31.2 Å². The maximum atomic E-state index is 11.9. The van der Waals surface area contributed by atoms with Crippen molar-refractivity contribution in [2.75, 3.05) is 6.61 Å². The largest absolute Gasteiger partial charge is 0.462 e. The number of aliphatic hydroxyl groups excluding tert-OH is 1. The van der Waals surface area contributed by atoms with Gasteiger partial charge in [-0.3, -0.25) is 0 Å². The molecule has 5 atom stereocenters. The highest BCUT2D eigenvalue weighted by Gasteiger charge is 2.51. The summed E-state index contributed by atoms with van der Waals surface area (Å²) in [6.07, 6.45) is 7.90. The predicted octanol–water partition coefficient (Wildman–Crippen LogP) is 5.01. The highest BCUT2D eigenvalue weighted by Crippen LogP contribution is 2.58. The van der Waals surface area contributed by atoms with Crippen LogP contribution in [0.25, 0.3) is 0 Å². The molecule has 2 saturated carbocycles. The van der Waals surface area contributed by atoms with E-state index >= 15 is 0 Å². The molecular weight excluding hydrogens is 324 g/mol. The first-order chi connectivity index (χ1) is 12.5. The van der Waals surface area contributed by atoms with Gasteiger partial charge >= 0.3 is 5.97 Å². The van der Waals surface area contributed by atoms with E-state index in [2.05, 4.69) is 19.9 Å². The molecule has 144 valence electrons. The van der Waals surface area contributed by atoms with Crippen molar-refractivity contribution in [3.63, 3.8) is 0 Å². The smallest absolute Gasteiger partial charge is 0.338 e. The van der Waals surface area contributed by atoms with E-state index in [1.807, 2.05) is 25.1 Å². The summed E-state index contributed by atoms with van der Waals surface area (Å²) in [6, 6.07) is 7.88. The molecule has 2 fully saturated rings.